The highest BCUT2D eigenvalue weighted by molar-refractivity contribution is 5.91. The van der Waals surface area contributed by atoms with Gasteiger partial charge < -0.3 is 30.0 Å². The number of anilines is 1. The predicted octanol–water partition coefficient (Wildman–Crippen LogP) is 5.74. The Morgan fingerprint density at radius 1 is 0.915 bits per heavy atom. The Morgan fingerprint density at radius 2 is 1.72 bits per heavy atom. The molecule has 0 aliphatic heterocycles. The lowest BCUT2D eigenvalue weighted by molar-refractivity contribution is 0.176. The number of amides is 1. The number of rotatable bonds is 12. The molecule has 6 aromatic rings. The number of aryl methyl sites for hydroxylation is 2. The van der Waals surface area contributed by atoms with Crippen molar-refractivity contribution >= 4 is 33.8 Å². The fourth-order valence-electron chi connectivity index (χ4n) is 5.87. The van der Waals surface area contributed by atoms with E-state index in [9.17, 15) is 29.7 Å². The SMILES string of the molecule is O=C(O)Nc1ccc(CCCCn2c(=O)oc3cc(CNC[C@H](O)c4ccc(O)c5[nH]c(=O)ccc45)ccc32)cc1-c1ccccc1. The van der Waals surface area contributed by atoms with Gasteiger partial charge in [-0.25, -0.2) is 9.59 Å². The summed E-state index contributed by atoms with van der Waals surface area (Å²) >= 11 is 0. The van der Waals surface area contributed by atoms with Crippen molar-refractivity contribution < 1.29 is 24.5 Å². The Morgan fingerprint density at radius 3 is 2.53 bits per heavy atom. The van der Waals surface area contributed by atoms with Crippen LogP contribution in [0.1, 0.15) is 35.6 Å². The molecule has 2 heterocycles. The molecule has 0 radical (unpaired) electrons. The van der Waals surface area contributed by atoms with Crippen LogP contribution in [0.4, 0.5) is 10.5 Å². The van der Waals surface area contributed by atoms with Crippen molar-refractivity contribution in [2.24, 2.45) is 0 Å². The molecule has 47 heavy (non-hydrogen) atoms. The molecule has 11 nitrogen and oxygen atoms in total. The summed E-state index contributed by atoms with van der Waals surface area (Å²) in [4.78, 5) is 38.3. The molecule has 0 spiro atoms. The second-order valence-electron chi connectivity index (χ2n) is 11.4. The van der Waals surface area contributed by atoms with Gasteiger partial charge in [0.1, 0.15) is 5.75 Å². The van der Waals surface area contributed by atoms with E-state index in [0.29, 0.717) is 40.8 Å². The van der Waals surface area contributed by atoms with E-state index in [0.717, 1.165) is 41.5 Å². The maximum Gasteiger partial charge on any atom is 0.419 e. The first-order valence-electron chi connectivity index (χ1n) is 15.3. The molecule has 0 bridgehead atoms. The average molecular weight is 635 g/mol. The maximum absolute atomic E-state index is 12.7. The molecule has 1 amide bonds. The molecular formula is C36H34N4O7. The number of aromatic hydroxyl groups is 1. The van der Waals surface area contributed by atoms with Crippen LogP contribution >= 0.6 is 0 Å². The molecule has 0 aliphatic carbocycles. The third-order valence-electron chi connectivity index (χ3n) is 8.17. The summed E-state index contributed by atoms with van der Waals surface area (Å²) < 4.78 is 7.18. The first-order valence-corrected chi connectivity index (χ1v) is 15.3. The molecular weight excluding hydrogens is 600 g/mol. The number of hydrogen-bond donors (Lipinski definition) is 6. The topological polar surface area (TPSA) is 170 Å². The van der Waals surface area contributed by atoms with Crippen LogP contribution in [0.3, 0.4) is 0 Å². The molecule has 6 rings (SSSR count). The van der Waals surface area contributed by atoms with Crippen molar-refractivity contribution in [1.82, 2.24) is 14.9 Å². The predicted molar refractivity (Wildman–Crippen MR) is 180 cm³/mol. The van der Waals surface area contributed by atoms with Crippen molar-refractivity contribution in [3.63, 3.8) is 0 Å². The van der Waals surface area contributed by atoms with Gasteiger partial charge in [0, 0.05) is 36.7 Å². The molecule has 0 unspecified atom stereocenters. The van der Waals surface area contributed by atoms with Crippen molar-refractivity contribution in [1.29, 1.82) is 0 Å². The third-order valence-corrected chi connectivity index (χ3v) is 8.17. The van der Waals surface area contributed by atoms with Crippen molar-refractivity contribution in [3.8, 4) is 16.9 Å². The highest BCUT2D eigenvalue weighted by atomic mass is 16.4. The van der Waals surface area contributed by atoms with E-state index in [4.69, 9.17) is 4.42 Å². The zero-order valence-electron chi connectivity index (χ0n) is 25.4. The summed E-state index contributed by atoms with van der Waals surface area (Å²) in [6.45, 7) is 1.12. The molecule has 1 atom stereocenters. The Labute approximate surface area is 268 Å². The van der Waals surface area contributed by atoms with Gasteiger partial charge in [0.2, 0.25) is 5.56 Å². The van der Waals surface area contributed by atoms with Crippen LogP contribution in [0.5, 0.6) is 5.75 Å². The number of fused-ring (bicyclic) bond motifs is 2. The number of aromatic nitrogens is 2. The van der Waals surface area contributed by atoms with E-state index < -0.39 is 18.0 Å². The molecule has 6 N–H and O–H groups in total. The monoisotopic (exact) mass is 634 g/mol. The number of phenolic OH excluding ortho intramolecular Hbond substituents is 1. The molecule has 0 saturated heterocycles. The van der Waals surface area contributed by atoms with Crippen molar-refractivity contribution in [2.75, 3.05) is 11.9 Å². The lowest BCUT2D eigenvalue weighted by Gasteiger charge is -2.15. The van der Waals surface area contributed by atoms with Gasteiger partial charge in [-0.1, -0.05) is 48.5 Å². The number of phenols is 1. The number of carbonyl (C=O) groups is 1. The fourth-order valence-corrected chi connectivity index (χ4v) is 5.87. The summed E-state index contributed by atoms with van der Waals surface area (Å²) in [5, 5.41) is 36.4. The van der Waals surface area contributed by atoms with Crippen LogP contribution in [0, 0.1) is 0 Å². The zero-order valence-corrected chi connectivity index (χ0v) is 25.4. The molecule has 0 aliphatic rings. The average Bonchev–Trinajstić information content (AvgIpc) is 3.37. The first-order chi connectivity index (χ1) is 22.8. The molecule has 0 fully saturated rings. The summed E-state index contributed by atoms with van der Waals surface area (Å²) in [6, 6.07) is 26.9. The number of nitrogens with one attached hydrogen (secondary N) is 3. The Balaban J connectivity index is 1.06. The number of oxazole rings is 1. The highest BCUT2D eigenvalue weighted by Crippen LogP contribution is 2.30. The molecule has 11 heteroatoms. The van der Waals surface area contributed by atoms with Crippen LogP contribution < -0.4 is 21.9 Å². The normalized spacial score (nSPS) is 12.0. The largest absolute Gasteiger partial charge is 0.506 e. The smallest absolute Gasteiger partial charge is 0.419 e. The van der Waals surface area contributed by atoms with Gasteiger partial charge in [0.15, 0.2) is 5.58 Å². The van der Waals surface area contributed by atoms with Gasteiger partial charge in [0.25, 0.3) is 0 Å². The summed E-state index contributed by atoms with van der Waals surface area (Å²) in [5.41, 5.74) is 5.91. The number of H-pyrrole nitrogens is 1. The first kappa shape index (κ1) is 31.3. The zero-order chi connectivity index (χ0) is 32.9. The van der Waals surface area contributed by atoms with E-state index in [-0.39, 0.29) is 23.4 Å². The standard InChI is InChI=1S/C36H34N4O7/c41-30-15-11-25(26-12-16-33(43)39-34(26)30)31(42)21-37-20-23-10-14-29-32(19-23)47-36(46)40(29)17-5-4-6-22-9-13-28(38-35(44)45)27(18-22)24-7-2-1-3-8-24/h1-3,7-16,18-19,31,37-38,41-42H,4-6,17,20-21H2,(H,39,43)(H,44,45)/t31-/m0/s1. The summed E-state index contributed by atoms with van der Waals surface area (Å²) in [6.07, 6.45) is 0.309. The van der Waals surface area contributed by atoms with E-state index in [1.807, 2.05) is 60.7 Å². The Kier molecular flexibility index (Phi) is 9.18. The van der Waals surface area contributed by atoms with Gasteiger partial charge in [-0.2, -0.15) is 0 Å². The number of hydrogen-bond acceptors (Lipinski definition) is 7. The number of pyridine rings is 1. The summed E-state index contributed by atoms with van der Waals surface area (Å²) in [7, 11) is 0. The van der Waals surface area contributed by atoms with Gasteiger partial charge in [0.05, 0.1) is 22.8 Å². The second-order valence-corrected chi connectivity index (χ2v) is 11.4. The minimum Gasteiger partial charge on any atom is -0.506 e. The summed E-state index contributed by atoms with van der Waals surface area (Å²) in [5.74, 6) is -0.490. The maximum atomic E-state index is 12.7. The number of aromatic amines is 1. The number of unbranched alkanes of at least 4 members (excludes halogenated alkanes) is 1. The lowest BCUT2D eigenvalue weighted by Crippen LogP contribution is -2.21. The minimum absolute atomic E-state index is 0.0669. The highest BCUT2D eigenvalue weighted by Gasteiger charge is 2.15. The number of nitrogens with zero attached hydrogens (tertiary/aromatic N) is 1. The van der Waals surface area contributed by atoms with E-state index in [2.05, 4.69) is 15.6 Å². The number of aliphatic hydroxyl groups excluding tert-OH is 1. The second kappa shape index (κ2) is 13.8. The Hall–Kier alpha value is -5.65. The van der Waals surface area contributed by atoms with Crippen molar-refractivity contribution in [3.05, 3.63) is 129 Å². The van der Waals surface area contributed by atoms with E-state index >= 15 is 0 Å². The third kappa shape index (κ3) is 7.11. The fraction of sp³-hybridized carbons (Fsp3) is 0.194. The molecule has 4 aromatic carbocycles. The number of benzene rings is 4. The Bertz CT molecular complexity index is 2170. The number of carboxylic acid groups (broad SMARTS) is 1. The quantitative estimate of drug-likeness (QED) is 0.0926. The van der Waals surface area contributed by atoms with E-state index in [1.165, 1.54) is 12.1 Å². The lowest BCUT2D eigenvalue weighted by atomic mass is 9.98. The molecule has 2 aromatic heterocycles. The molecule has 0 saturated carbocycles. The van der Waals surface area contributed by atoms with Crippen LogP contribution in [0.2, 0.25) is 0 Å². The number of aliphatic hydroxyl groups is 1. The van der Waals surface area contributed by atoms with Crippen LogP contribution in [-0.4, -0.2) is 37.5 Å². The van der Waals surface area contributed by atoms with E-state index in [1.54, 1.807) is 22.8 Å². The van der Waals surface area contributed by atoms with Crippen LogP contribution in [-0.2, 0) is 19.5 Å². The van der Waals surface area contributed by atoms with Gasteiger partial charge >= 0.3 is 11.8 Å². The van der Waals surface area contributed by atoms with Crippen molar-refractivity contribution in [2.45, 2.75) is 38.5 Å². The minimum atomic E-state index is -1.12. The van der Waals surface area contributed by atoms with Gasteiger partial charge in [-0.15, -0.1) is 0 Å². The van der Waals surface area contributed by atoms with Crippen LogP contribution in [0.15, 0.2) is 105 Å². The van der Waals surface area contributed by atoms with Gasteiger partial charge in [-0.05, 0) is 77.9 Å². The molecule has 240 valence electrons. The van der Waals surface area contributed by atoms with Crippen LogP contribution in [0.25, 0.3) is 33.1 Å². The van der Waals surface area contributed by atoms with Gasteiger partial charge in [-0.3, -0.25) is 14.7 Å².